The Morgan fingerprint density at radius 3 is 2.62 bits per heavy atom. The first-order valence-corrected chi connectivity index (χ1v) is 9.67. The summed E-state index contributed by atoms with van der Waals surface area (Å²) in [4.78, 5) is 30.7. The average Bonchev–Trinajstić information content (AvgIpc) is 2.98. The highest BCUT2D eigenvalue weighted by atomic mass is 32.2. The Morgan fingerprint density at radius 1 is 1.17 bits per heavy atom. The average molecular weight is 412 g/mol. The van der Waals surface area contributed by atoms with Gasteiger partial charge in [0, 0.05) is 7.05 Å². The maximum absolute atomic E-state index is 12.6. The first kappa shape index (κ1) is 20.5. The van der Waals surface area contributed by atoms with Gasteiger partial charge in [-0.1, -0.05) is 24.3 Å². The van der Waals surface area contributed by atoms with E-state index in [2.05, 4.69) is 4.99 Å². The van der Waals surface area contributed by atoms with Gasteiger partial charge in [-0.3, -0.25) is 9.69 Å². The summed E-state index contributed by atoms with van der Waals surface area (Å²) in [6.07, 6.45) is 0.940. The van der Waals surface area contributed by atoms with E-state index in [1.54, 1.807) is 38.2 Å². The molecule has 1 fully saturated rings. The van der Waals surface area contributed by atoms with Crippen LogP contribution in [0.4, 0.5) is 10.5 Å². The van der Waals surface area contributed by atoms with Gasteiger partial charge in [0.1, 0.15) is 0 Å². The zero-order valence-electron chi connectivity index (χ0n) is 16.2. The third-order valence-corrected chi connectivity index (χ3v) is 4.99. The van der Waals surface area contributed by atoms with E-state index in [1.165, 1.54) is 23.8 Å². The molecule has 0 bridgehead atoms. The molecular weight excluding hydrogens is 392 g/mol. The van der Waals surface area contributed by atoms with Crippen molar-refractivity contribution in [3.63, 3.8) is 0 Å². The lowest BCUT2D eigenvalue weighted by Crippen LogP contribution is -2.23. The van der Waals surface area contributed by atoms with E-state index >= 15 is 0 Å². The van der Waals surface area contributed by atoms with E-state index in [0.29, 0.717) is 15.8 Å². The molecule has 2 aromatic rings. The van der Waals surface area contributed by atoms with Gasteiger partial charge >= 0.3 is 6.16 Å². The van der Waals surface area contributed by atoms with Crippen LogP contribution in [0.1, 0.15) is 12.5 Å². The Hall–Kier alpha value is -3.26. The molecule has 0 unspecified atom stereocenters. The number of likely N-dealkylation sites (N-methyl/N-ethyl adjacent to an activating group) is 1. The van der Waals surface area contributed by atoms with Crippen molar-refractivity contribution in [3.8, 4) is 11.5 Å². The summed E-state index contributed by atoms with van der Waals surface area (Å²) in [7, 11) is 3.16. The Morgan fingerprint density at radius 2 is 1.93 bits per heavy atom. The van der Waals surface area contributed by atoms with E-state index in [-0.39, 0.29) is 18.3 Å². The van der Waals surface area contributed by atoms with Crippen LogP contribution in [0.3, 0.4) is 0 Å². The van der Waals surface area contributed by atoms with Crippen LogP contribution in [0.25, 0.3) is 6.08 Å². The van der Waals surface area contributed by atoms with Gasteiger partial charge in [-0.15, -0.1) is 0 Å². The molecule has 0 aliphatic carbocycles. The minimum Gasteiger partial charge on any atom is -0.493 e. The third-order valence-electron chi connectivity index (χ3n) is 3.93. The van der Waals surface area contributed by atoms with Crippen LogP contribution >= 0.6 is 11.8 Å². The Kier molecular flexibility index (Phi) is 6.56. The standard InChI is InChI=1S/C21H20N2O5S/c1-4-27-21(25)28-16-11-10-14(12-17(16)26-3)13-18-19(24)23(2)20(29-18)22-15-8-6-5-7-9-15/h5-13H,4H2,1-3H3/b18-13-,22-20?. The highest BCUT2D eigenvalue weighted by Crippen LogP contribution is 2.35. The number of amidine groups is 1. The van der Waals surface area contributed by atoms with E-state index in [4.69, 9.17) is 14.2 Å². The van der Waals surface area contributed by atoms with Crippen LogP contribution in [0.2, 0.25) is 0 Å². The van der Waals surface area contributed by atoms with Gasteiger partial charge in [-0.05, 0) is 54.6 Å². The molecule has 1 amide bonds. The largest absolute Gasteiger partial charge is 0.513 e. The van der Waals surface area contributed by atoms with Gasteiger partial charge in [0.25, 0.3) is 5.91 Å². The van der Waals surface area contributed by atoms with Crippen molar-refractivity contribution in [1.29, 1.82) is 0 Å². The lowest BCUT2D eigenvalue weighted by molar-refractivity contribution is -0.121. The number of rotatable bonds is 5. The molecule has 1 aliphatic heterocycles. The SMILES string of the molecule is CCOC(=O)Oc1ccc(/C=C2\SC(=Nc3ccccc3)N(C)C2=O)cc1OC. The lowest BCUT2D eigenvalue weighted by atomic mass is 10.2. The van der Waals surface area contributed by atoms with Crippen molar-refractivity contribution in [1.82, 2.24) is 4.90 Å². The molecule has 8 heteroatoms. The minimum atomic E-state index is -0.804. The number of benzene rings is 2. The fourth-order valence-electron chi connectivity index (χ4n) is 2.51. The van der Waals surface area contributed by atoms with Crippen molar-refractivity contribution in [2.45, 2.75) is 6.92 Å². The zero-order valence-corrected chi connectivity index (χ0v) is 17.1. The van der Waals surface area contributed by atoms with Crippen molar-refractivity contribution in [3.05, 3.63) is 59.0 Å². The number of para-hydroxylation sites is 1. The topological polar surface area (TPSA) is 77.4 Å². The van der Waals surface area contributed by atoms with E-state index in [0.717, 1.165) is 11.3 Å². The van der Waals surface area contributed by atoms with Gasteiger partial charge in [0.05, 0.1) is 24.3 Å². The maximum Gasteiger partial charge on any atom is 0.513 e. The van der Waals surface area contributed by atoms with Crippen LogP contribution in [-0.2, 0) is 9.53 Å². The molecule has 2 aromatic carbocycles. The van der Waals surface area contributed by atoms with E-state index < -0.39 is 6.16 Å². The van der Waals surface area contributed by atoms with Gasteiger partial charge in [-0.25, -0.2) is 9.79 Å². The number of methoxy groups -OCH3 is 1. The highest BCUT2D eigenvalue weighted by Gasteiger charge is 2.30. The predicted molar refractivity (Wildman–Crippen MR) is 113 cm³/mol. The highest BCUT2D eigenvalue weighted by molar-refractivity contribution is 8.18. The fourth-order valence-corrected chi connectivity index (χ4v) is 3.50. The number of hydrogen-bond donors (Lipinski definition) is 0. The molecule has 0 aromatic heterocycles. The molecule has 0 radical (unpaired) electrons. The summed E-state index contributed by atoms with van der Waals surface area (Å²) in [5, 5.41) is 0.599. The molecule has 0 N–H and O–H groups in total. The smallest absolute Gasteiger partial charge is 0.493 e. The van der Waals surface area contributed by atoms with Crippen molar-refractivity contribution >= 4 is 40.8 Å². The summed E-state index contributed by atoms with van der Waals surface area (Å²) >= 11 is 1.29. The molecule has 0 spiro atoms. The second kappa shape index (κ2) is 9.29. The molecule has 1 heterocycles. The molecule has 29 heavy (non-hydrogen) atoms. The maximum atomic E-state index is 12.6. The predicted octanol–water partition coefficient (Wildman–Crippen LogP) is 4.46. The molecule has 150 valence electrons. The number of carbonyl (C=O) groups excluding carboxylic acids is 2. The number of ether oxygens (including phenoxy) is 3. The molecule has 0 saturated carbocycles. The van der Waals surface area contributed by atoms with Gasteiger partial charge < -0.3 is 14.2 Å². The lowest BCUT2D eigenvalue weighted by Gasteiger charge is -2.09. The second-order valence-corrected chi connectivity index (χ2v) is 6.91. The Balaban J connectivity index is 1.83. The van der Waals surface area contributed by atoms with Crippen LogP contribution in [0, 0.1) is 0 Å². The monoisotopic (exact) mass is 412 g/mol. The van der Waals surface area contributed by atoms with Crippen molar-refractivity contribution in [2.75, 3.05) is 20.8 Å². The zero-order chi connectivity index (χ0) is 20.8. The molecule has 7 nitrogen and oxygen atoms in total. The number of thioether (sulfide) groups is 1. The van der Waals surface area contributed by atoms with Crippen LogP contribution < -0.4 is 9.47 Å². The summed E-state index contributed by atoms with van der Waals surface area (Å²) in [6.45, 7) is 1.90. The summed E-state index contributed by atoms with van der Waals surface area (Å²) in [6, 6.07) is 14.4. The normalized spacial score (nSPS) is 16.4. The third kappa shape index (κ3) is 4.97. The van der Waals surface area contributed by atoms with Crippen LogP contribution in [0.15, 0.2) is 58.4 Å². The molecule has 3 rings (SSSR count). The molecule has 0 atom stereocenters. The summed E-state index contributed by atoms with van der Waals surface area (Å²) in [5.74, 6) is 0.451. The van der Waals surface area contributed by atoms with Crippen molar-refractivity contribution in [2.24, 2.45) is 4.99 Å². The van der Waals surface area contributed by atoms with Crippen molar-refractivity contribution < 1.29 is 23.8 Å². The summed E-state index contributed by atoms with van der Waals surface area (Å²) in [5.41, 5.74) is 1.50. The van der Waals surface area contributed by atoms with Gasteiger partial charge in [0.15, 0.2) is 16.7 Å². The fraction of sp³-hybridized carbons (Fsp3) is 0.190. The molecular formula is C21H20N2O5S. The number of hydrogen-bond acceptors (Lipinski definition) is 7. The Bertz CT molecular complexity index is 972. The van der Waals surface area contributed by atoms with Crippen LogP contribution in [-0.4, -0.2) is 42.9 Å². The van der Waals surface area contributed by atoms with Gasteiger partial charge in [-0.2, -0.15) is 0 Å². The van der Waals surface area contributed by atoms with Crippen LogP contribution in [0.5, 0.6) is 11.5 Å². The number of carbonyl (C=O) groups is 2. The molecule has 1 aliphatic rings. The Labute approximate surface area is 173 Å². The molecule has 1 saturated heterocycles. The first-order valence-electron chi connectivity index (χ1n) is 8.85. The summed E-state index contributed by atoms with van der Waals surface area (Å²) < 4.78 is 15.2. The van der Waals surface area contributed by atoms with Gasteiger partial charge in [0.2, 0.25) is 0 Å². The second-order valence-electron chi connectivity index (χ2n) is 5.90. The van der Waals surface area contributed by atoms with E-state index in [1.807, 2.05) is 30.3 Å². The number of aliphatic imine (C=N–C) groups is 1. The van der Waals surface area contributed by atoms with E-state index in [9.17, 15) is 9.59 Å². The number of nitrogens with zero attached hydrogens (tertiary/aromatic N) is 2. The first-order chi connectivity index (χ1) is 14.0. The quantitative estimate of drug-likeness (QED) is 0.410. The minimum absolute atomic E-state index is 0.143. The number of amides is 1.